The molecule has 1 aliphatic heterocycles. The van der Waals surface area contributed by atoms with Crippen molar-refractivity contribution >= 4 is 16.0 Å². The van der Waals surface area contributed by atoms with Gasteiger partial charge in [-0.15, -0.1) is 0 Å². The van der Waals surface area contributed by atoms with Crippen LogP contribution in [0.1, 0.15) is 35.7 Å². The maximum atomic E-state index is 13.6. The second-order valence-electron chi connectivity index (χ2n) is 7.97. The van der Waals surface area contributed by atoms with E-state index in [2.05, 4.69) is 0 Å². The molecule has 0 aromatic heterocycles. The highest BCUT2D eigenvalue weighted by molar-refractivity contribution is 7.86. The standard InChI is InChI=1S/C23H28FNO7S/c1-5-20(33(27,28)29)23(16-6-8-17(24)9-7-16)10-11-25(14-23)22(26)15-12-18(30-2)21(32-4)19(13-15)31-3/h6-9,12-13,20H,5,10-11,14H2,1-4H3,(H,27,28,29). The summed E-state index contributed by atoms with van der Waals surface area (Å²) < 4.78 is 64.2. The Balaban J connectivity index is 2.04. The molecule has 1 amide bonds. The molecule has 2 aromatic carbocycles. The fraction of sp³-hybridized carbons (Fsp3) is 0.435. The molecule has 33 heavy (non-hydrogen) atoms. The first-order chi connectivity index (χ1) is 15.6. The molecule has 1 saturated heterocycles. The molecule has 1 heterocycles. The summed E-state index contributed by atoms with van der Waals surface area (Å²) in [5, 5.41) is -1.16. The zero-order valence-electron chi connectivity index (χ0n) is 19.0. The van der Waals surface area contributed by atoms with Crippen LogP contribution < -0.4 is 14.2 Å². The minimum absolute atomic E-state index is 0.0341. The van der Waals surface area contributed by atoms with Gasteiger partial charge in [0, 0.05) is 24.1 Å². The van der Waals surface area contributed by atoms with Crippen molar-refractivity contribution in [1.82, 2.24) is 4.90 Å². The first-order valence-corrected chi connectivity index (χ1v) is 11.9. The maximum absolute atomic E-state index is 13.6. The molecule has 2 atom stereocenters. The van der Waals surface area contributed by atoms with Crippen LogP contribution in [-0.4, -0.2) is 63.4 Å². The van der Waals surface area contributed by atoms with E-state index in [-0.39, 0.29) is 37.4 Å². The summed E-state index contributed by atoms with van der Waals surface area (Å²) in [5.41, 5.74) is -0.264. The number of nitrogens with zero attached hydrogens (tertiary/aromatic N) is 1. The fourth-order valence-corrected chi connectivity index (χ4v) is 6.07. The SMILES string of the molecule is CCC(C1(c2ccc(F)cc2)CCN(C(=O)c2cc(OC)c(OC)c(OC)c2)C1)S(=O)(=O)O. The van der Waals surface area contributed by atoms with Crippen LogP contribution in [0.4, 0.5) is 4.39 Å². The van der Waals surface area contributed by atoms with Crippen molar-refractivity contribution in [3.8, 4) is 17.2 Å². The summed E-state index contributed by atoms with van der Waals surface area (Å²) in [7, 11) is -0.103. The molecule has 8 nitrogen and oxygen atoms in total. The molecule has 0 bridgehead atoms. The third kappa shape index (κ3) is 4.63. The minimum Gasteiger partial charge on any atom is -0.493 e. The molecule has 0 aliphatic carbocycles. The molecule has 1 N–H and O–H groups in total. The molecule has 0 spiro atoms. The Bertz CT molecular complexity index is 1100. The predicted octanol–water partition coefficient (Wildman–Crippen LogP) is 3.30. The summed E-state index contributed by atoms with van der Waals surface area (Å²) in [5.74, 6) is 0.152. The highest BCUT2D eigenvalue weighted by Gasteiger charge is 2.51. The third-order valence-corrected chi connectivity index (χ3v) is 7.77. The van der Waals surface area contributed by atoms with Gasteiger partial charge in [-0.1, -0.05) is 19.1 Å². The van der Waals surface area contributed by atoms with Crippen molar-refractivity contribution in [3.05, 3.63) is 53.3 Å². The zero-order valence-corrected chi connectivity index (χ0v) is 19.8. The number of hydrogen-bond donors (Lipinski definition) is 1. The van der Waals surface area contributed by atoms with E-state index in [4.69, 9.17) is 14.2 Å². The maximum Gasteiger partial charge on any atom is 0.268 e. The third-order valence-electron chi connectivity index (χ3n) is 6.27. The van der Waals surface area contributed by atoms with E-state index in [1.807, 2.05) is 0 Å². The van der Waals surface area contributed by atoms with Gasteiger partial charge in [-0.2, -0.15) is 8.42 Å². The molecule has 2 aromatic rings. The van der Waals surface area contributed by atoms with Gasteiger partial charge in [-0.25, -0.2) is 4.39 Å². The van der Waals surface area contributed by atoms with E-state index in [9.17, 15) is 22.2 Å². The van der Waals surface area contributed by atoms with Gasteiger partial charge in [0.1, 0.15) is 5.82 Å². The Labute approximate surface area is 193 Å². The summed E-state index contributed by atoms with van der Waals surface area (Å²) in [4.78, 5) is 14.9. The number of benzene rings is 2. The van der Waals surface area contributed by atoms with Crippen LogP contribution in [-0.2, 0) is 15.5 Å². The van der Waals surface area contributed by atoms with Crippen LogP contribution in [0.25, 0.3) is 0 Å². The quantitative estimate of drug-likeness (QED) is 0.577. The van der Waals surface area contributed by atoms with Crippen molar-refractivity contribution in [2.45, 2.75) is 30.4 Å². The Hall–Kier alpha value is -2.85. The zero-order chi connectivity index (χ0) is 24.4. The van der Waals surface area contributed by atoms with Gasteiger partial charge in [0.25, 0.3) is 16.0 Å². The van der Waals surface area contributed by atoms with Gasteiger partial charge in [-0.3, -0.25) is 9.35 Å². The number of amides is 1. The molecule has 2 unspecified atom stereocenters. The number of carbonyl (C=O) groups is 1. The summed E-state index contributed by atoms with van der Waals surface area (Å²) in [6.07, 6.45) is 0.412. The number of rotatable bonds is 8. The minimum atomic E-state index is -4.45. The largest absolute Gasteiger partial charge is 0.493 e. The molecule has 1 aliphatic rings. The summed E-state index contributed by atoms with van der Waals surface area (Å²) in [6, 6.07) is 8.57. The van der Waals surface area contributed by atoms with Crippen LogP contribution in [0.5, 0.6) is 17.2 Å². The van der Waals surface area contributed by atoms with Gasteiger partial charge < -0.3 is 19.1 Å². The fourth-order valence-electron chi connectivity index (χ4n) is 4.75. The Morgan fingerprint density at radius 3 is 2.15 bits per heavy atom. The number of ether oxygens (including phenoxy) is 3. The van der Waals surface area contributed by atoms with Crippen LogP contribution in [0.15, 0.2) is 36.4 Å². The number of halogens is 1. The summed E-state index contributed by atoms with van der Waals surface area (Å²) >= 11 is 0. The first kappa shape index (κ1) is 24.8. The number of likely N-dealkylation sites (tertiary alicyclic amines) is 1. The number of carbonyl (C=O) groups excluding carboxylic acids is 1. The van der Waals surface area contributed by atoms with Crippen LogP contribution in [0.2, 0.25) is 0 Å². The number of hydrogen-bond acceptors (Lipinski definition) is 6. The van der Waals surface area contributed by atoms with Gasteiger partial charge in [0.15, 0.2) is 11.5 Å². The van der Waals surface area contributed by atoms with Crippen molar-refractivity contribution in [1.29, 1.82) is 0 Å². The van der Waals surface area contributed by atoms with Crippen molar-refractivity contribution in [2.75, 3.05) is 34.4 Å². The molecular weight excluding hydrogens is 453 g/mol. The van der Waals surface area contributed by atoms with Crippen molar-refractivity contribution in [3.63, 3.8) is 0 Å². The average Bonchev–Trinajstić information content (AvgIpc) is 3.23. The lowest BCUT2D eigenvalue weighted by Gasteiger charge is -2.35. The molecule has 1 fully saturated rings. The lowest BCUT2D eigenvalue weighted by Crippen LogP contribution is -2.47. The highest BCUT2D eigenvalue weighted by atomic mass is 32.2. The van der Waals surface area contributed by atoms with Gasteiger partial charge >= 0.3 is 0 Å². The van der Waals surface area contributed by atoms with E-state index in [0.29, 0.717) is 22.8 Å². The lowest BCUT2D eigenvalue weighted by molar-refractivity contribution is 0.0781. The molecule has 0 saturated carbocycles. The normalized spacial score (nSPS) is 19.3. The second kappa shape index (κ2) is 9.56. The molecular formula is C23H28FNO7S. The van der Waals surface area contributed by atoms with Crippen molar-refractivity contribution in [2.24, 2.45) is 0 Å². The Kier molecular flexibility index (Phi) is 7.18. The van der Waals surface area contributed by atoms with Crippen molar-refractivity contribution < 1.29 is 36.4 Å². The topological polar surface area (TPSA) is 102 Å². The smallest absolute Gasteiger partial charge is 0.268 e. The molecule has 0 radical (unpaired) electrons. The molecule has 10 heteroatoms. The second-order valence-corrected chi connectivity index (χ2v) is 9.56. The molecule has 3 rings (SSSR count). The predicted molar refractivity (Wildman–Crippen MR) is 120 cm³/mol. The highest BCUT2D eigenvalue weighted by Crippen LogP contribution is 2.43. The Morgan fingerprint density at radius 1 is 1.12 bits per heavy atom. The van der Waals surface area contributed by atoms with E-state index in [1.54, 1.807) is 6.92 Å². The van der Waals surface area contributed by atoms with Crippen LogP contribution >= 0.6 is 0 Å². The van der Waals surface area contributed by atoms with E-state index >= 15 is 0 Å². The van der Waals surface area contributed by atoms with Gasteiger partial charge in [0.2, 0.25) is 5.75 Å². The molecule has 180 valence electrons. The lowest BCUT2D eigenvalue weighted by atomic mass is 9.75. The van der Waals surface area contributed by atoms with Gasteiger partial charge in [-0.05, 0) is 42.7 Å². The average molecular weight is 482 g/mol. The number of methoxy groups -OCH3 is 3. The van der Waals surface area contributed by atoms with Crippen LogP contribution in [0, 0.1) is 5.82 Å². The monoisotopic (exact) mass is 481 g/mol. The van der Waals surface area contributed by atoms with E-state index in [1.165, 1.54) is 62.6 Å². The van der Waals surface area contributed by atoms with Crippen LogP contribution in [0.3, 0.4) is 0 Å². The van der Waals surface area contributed by atoms with E-state index < -0.39 is 26.6 Å². The van der Waals surface area contributed by atoms with E-state index in [0.717, 1.165) is 0 Å². The summed E-state index contributed by atoms with van der Waals surface area (Å²) in [6.45, 7) is 1.94. The Morgan fingerprint density at radius 2 is 1.70 bits per heavy atom. The first-order valence-electron chi connectivity index (χ1n) is 10.4. The van der Waals surface area contributed by atoms with Gasteiger partial charge in [0.05, 0.1) is 26.6 Å².